The highest BCUT2D eigenvalue weighted by Gasteiger charge is 2.22. The van der Waals surface area contributed by atoms with Gasteiger partial charge in [-0.3, -0.25) is 0 Å². The van der Waals surface area contributed by atoms with E-state index in [0.717, 1.165) is 6.17 Å². The first kappa shape index (κ1) is 9.62. The van der Waals surface area contributed by atoms with Gasteiger partial charge >= 0.3 is 0 Å². The summed E-state index contributed by atoms with van der Waals surface area (Å²) in [4.78, 5) is 2.13. The van der Waals surface area contributed by atoms with Crippen LogP contribution in [0.3, 0.4) is 0 Å². The van der Waals surface area contributed by atoms with Gasteiger partial charge in [-0.05, 0) is 14.1 Å². The third-order valence-electron chi connectivity index (χ3n) is 0.496. The third kappa shape index (κ3) is 7.62. The number of halogens is 3. The average molecular weight is 326 g/mol. The molecule has 0 fully saturated rings. The van der Waals surface area contributed by atoms with Crippen LogP contribution in [0.1, 0.15) is 0 Å². The second-order valence-electron chi connectivity index (χ2n) is 1.85. The smallest absolute Gasteiger partial charge is 0.280 e. The van der Waals surface area contributed by atoms with Crippen LogP contribution in [0.2, 0.25) is 0 Å². The molecular weight excluding hydrogens is 318 g/mol. The molecule has 0 aliphatic rings. The van der Waals surface area contributed by atoms with E-state index in [4.69, 9.17) is 0 Å². The molecular formula is C3H8Br3NSi. The minimum Gasteiger partial charge on any atom is -0.310 e. The zero-order valence-corrected chi connectivity index (χ0v) is 10.5. The van der Waals surface area contributed by atoms with Crippen LogP contribution in [-0.4, -0.2) is 29.1 Å². The summed E-state index contributed by atoms with van der Waals surface area (Å²) in [5.74, 6) is 0. The summed E-state index contributed by atoms with van der Waals surface area (Å²) in [5, 5.41) is 0. The zero-order chi connectivity index (χ0) is 6.78. The first-order valence-corrected chi connectivity index (χ1v) is 11.1. The molecule has 0 bridgehead atoms. The zero-order valence-electron chi connectivity index (χ0n) is 4.79. The van der Waals surface area contributed by atoms with Crippen LogP contribution < -0.4 is 0 Å². The van der Waals surface area contributed by atoms with E-state index in [2.05, 4.69) is 50.8 Å². The Morgan fingerprint density at radius 2 is 1.62 bits per heavy atom. The normalized spacial score (nSPS) is 12.8. The predicted molar refractivity (Wildman–Crippen MR) is 51.1 cm³/mol. The maximum absolute atomic E-state index is 3.51. The minimum atomic E-state index is -1.36. The number of hydrogen-bond donors (Lipinski definition) is 0. The van der Waals surface area contributed by atoms with Gasteiger partial charge < -0.3 is 4.90 Å². The van der Waals surface area contributed by atoms with Gasteiger partial charge in [0.05, 0.1) is 0 Å². The Bertz CT molecular complexity index is 69.4. The van der Waals surface area contributed by atoms with Crippen molar-refractivity contribution in [1.29, 1.82) is 0 Å². The second-order valence-corrected chi connectivity index (χ2v) is 25.2. The Labute approximate surface area is 74.6 Å². The average Bonchev–Trinajstić information content (AvgIpc) is 1.21. The molecule has 0 aromatic heterocycles. The van der Waals surface area contributed by atoms with Crippen LogP contribution in [-0.2, 0) is 0 Å². The van der Waals surface area contributed by atoms with Crippen LogP contribution >= 0.6 is 45.9 Å². The molecule has 0 aromatic rings. The molecule has 0 unspecified atom stereocenters. The molecule has 0 heterocycles. The number of rotatable bonds is 2. The van der Waals surface area contributed by atoms with E-state index in [1.807, 2.05) is 14.1 Å². The molecule has 1 nitrogen and oxygen atoms in total. The van der Waals surface area contributed by atoms with E-state index >= 15 is 0 Å². The van der Waals surface area contributed by atoms with Gasteiger partial charge in [0.1, 0.15) is 0 Å². The van der Waals surface area contributed by atoms with Gasteiger partial charge in [0.15, 0.2) is 0 Å². The Hall–Kier alpha value is 1.62. The van der Waals surface area contributed by atoms with Gasteiger partial charge in [-0.2, -0.15) is 0 Å². The van der Waals surface area contributed by atoms with Crippen molar-refractivity contribution in [3.05, 3.63) is 0 Å². The highest BCUT2D eigenvalue weighted by molar-refractivity contribution is 9.72. The van der Waals surface area contributed by atoms with E-state index in [1.165, 1.54) is 0 Å². The highest BCUT2D eigenvalue weighted by atomic mass is 80.0. The van der Waals surface area contributed by atoms with Crippen molar-refractivity contribution in [3.63, 3.8) is 0 Å². The standard InChI is InChI=1S/C3H8Br3NSi/c1-7(2)3-8(4,5)6/h3H2,1-2H3. The molecule has 8 heavy (non-hydrogen) atoms. The lowest BCUT2D eigenvalue weighted by atomic mass is 11.0. The van der Waals surface area contributed by atoms with Crippen molar-refractivity contribution in [2.75, 3.05) is 20.3 Å². The maximum Gasteiger partial charge on any atom is 0.280 e. The van der Waals surface area contributed by atoms with Crippen molar-refractivity contribution in [1.82, 2.24) is 4.90 Å². The first-order chi connectivity index (χ1) is 3.42. The Morgan fingerprint density at radius 3 is 1.62 bits per heavy atom. The largest absolute Gasteiger partial charge is 0.310 e. The van der Waals surface area contributed by atoms with Crippen LogP contribution in [0, 0.1) is 0 Å². The van der Waals surface area contributed by atoms with Crippen LogP contribution in [0.4, 0.5) is 0 Å². The van der Waals surface area contributed by atoms with Gasteiger partial charge in [0.25, 0.3) is 3.93 Å². The summed E-state index contributed by atoms with van der Waals surface area (Å²) < 4.78 is -1.36. The van der Waals surface area contributed by atoms with E-state index in [1.54, 1.807) is 0 Å². The van der Waals surface area contributed by atoms with Gasteiger partial charge in [-0.15, -0.1) is 0 Å². The van der Waals surface area contributed by atoms with Gasteiger partial charge in [-0.25, -0.2) is 0 Å². The Balaban J connectivity index is 3.39. The lowest BCUT2D eigenvalue weighted by molar-refractivity contribution is 0.478. The van der Waals surface area contributed by atoms with Gasteiger partial charge in [-0.1, -0.05) is 45.9 Å². The molecule has 0 spiro atoms. The molecule has 0 radical (unpaired) electrons. The monoisotopic (exact) mass is 323 g/mol. The molecule has 0 N–H and O–H groups in total. The van der Waals surface area contributed by atoms with E-state index in [-0.39, 0.29) is 0 Å². The molecule has 5 heteroatoms. The highest BCUT2D eigenvalue weighted by Crippen LogP contribution is 2.27. The molecule has 0 amide bonds. The summed E-state index contributed by atoms with van der Waals surface area (Å²) in [6.07, 6.45) is 1.05. The predicted octanol–water partition coefficient (Wildman–Crippen LogP) is 2.21. The van der Waals surface area contributed by atoms with Gasteiger partial charge in [0, 0.05) is 6.17 Å². The van der Waals surface area contributed by atoms with E-state index in [9.17, 15) is 0 Å². The third-order valence-corrected chi connectivity index (χ3v) is 3.74. The molecule has 50 valence electrons. The minimum absolute atomic E-state index is 1.05. The Kier molecular flexibility index (Phi) is 4.45. The molecule has 0 saturated carbocycles. The van der Waals surface area contributed by atoms with Crippen LogP contribution in [0.15, 0.2) is 0 Å². The molecule has 0 rings (SSSR count). The number of hydrogen-bond acceptors (Lipinski definition) is 1. The number of nitrogens with zero attached hydrogens (tertiary/aromatic N) is 1. The summed E-state index contributed by atoms with van der Waals surface area (Å²) >= 11 is 10.5. The second kappa shape index (κ2) is 3.70. The Morgan fingerprint density at radius 1 is 1.25 bits per heavy atom. The van der Waals surface area contributed by atoms with E-state index in [0.29, 0.717) is 0 Å². The van der Waals surface area contributed by atoms with Crippen LogP contribution in [0.5, 0.6) is 0 Å². The molecule has 0 aliphatic carbocycles. The summed E-state index contributed by atoms with van der Waals surface area (Å²) in [7, 11) is 4.09. The summed E-state index contributed by atoms with van der Waals surface area (Å²) in [6.45, 7) is 0. The quantitative estimate of drug-likeness (QED) is 0.556. The fourth-order valence-corrected chi connectivity index (χ4v) is 5.59. The topological polar surface area (TPSA) is 3.24 Å². The molecule has 0 aliphatic heterocycles. The van der Waals surface area contributed by atoms with Crippen molar-refractivity contribution < 1.29 is 0 Å². The SMILES string of the molecule is CN(C)C[Si](Br)(Br)Br. The van der Waals surface area contributed by atoms with Crippen molar-refractivity contribution in [2.45, 2.75) is 0 Å². The molecule has 0 aromatic carbocycles. The van der Waals surface area contributed by atoms with Crippen molar-refractivity contribution in [2.24, 2.45) is 0 Å². The van der Waals surface area contributed by atoms with Crippen LogP contribution in [0.25, 0.3) is 0 Å². The fraction of sp³-hybridized carbons (Fsp3) is 1.00. The molecule has 0 atom stereocenters. The van der Waals surface area contributed by atoms with Crippen molar-refractivity contribution in [3.8, 4) is 0 Å². The molecule has 0 saturated heterocycles. The summed E-state index contributed by atoms with van der Waals surface area (Å²) in [6, 6.07) is 0. The fourth-order valence-electron chi connectivity index (χ4n) is 0.359. The first-order valence-electron chi connectivity index (χ1n) is 2.13. The van der Waals surface area contributed by atoms with E-state index < -0.39 is 3.93 Å². The summed E-state index contributed by atoms with van der Waals surface area (Å²) in [5.41, 5.74) is 0. The lowest BCUT2D eigenvalue weighted by Gasteiger charge is -2.14. The lowest BCUT2D eigenvalue weighted by Crippen LogP contribution is -2.28. The van der Waals surface area contributed by atoms with Gasteiger partial charge in [0.2, 0.25) is 0 Å². The van der Waals surface area contributed by atoms with Crippen molar-refractivity contribution >= 4 is 49.8 Å². The maximum atomic E-state index is 3.51.